The minimum Gasteiger partial charge on any atom is -0.497 e. The van der Waals surface area contributed by atoms with Crippen LogP contribution in [0.25, 0.3) is 0 Å². The molecule has 1 rings (SSSR count). The van der Waals surface area contributed by atoms with Gasteiger partial charge in [0.2, 0.25) is 0 Å². The van der Waals surface area contributed by atoms with E-state index in [9.17, 15) is 0 Å². The standard InChI is InChI=1S/C9H13NOS/c1-10(12-3)8-4-6-9(11-2)7-5-8/h4-7H,1-3H3. The van der Waals surface area contributed by atoms with Crippen molar-refractivity contribution in [2.45, 2.75) is 0 Å². The van der Waals surface area contributed by atoms with Crippen molar-refractivity contribution < 1.29 is 4.74 Å². The van der Waals surface area contributed by atoms with Gasteiger partial charge in [-0.25, -0.2) is 0 Å². The van der Waals surface area contributed by atoms with E-state index >= 15 is 0 Å². The molecule has 0 spiro atoms. The van der Waals surface area contributed by atoms with E-state index in [1.165, 1.54) is 5.69 Å². The molecule has 0 bridgehead atoms. The largest absolute Gasteiger partial charge is 0.497 e. The lowest BCUT2D eigenvalue weighted by Gasteiger charge is -2.14. The van der Waals surface area contributed by atoms with E-state index in [0.717, 1.165) is 5.75 Å². The number of nitrogens with zero attached hydrogens (tertiary/aromatic N) is 1. The smallest absolute Gasteiger partial charge is 0.119 e. The molecule has 0 aromatic heterocycles. The zero-order valence-corrected chi connectivity index (χ0v) is 8.39. The molecule has 0 aliphatic rings. The van der Waals surface area contributed by atoms with Gasteiger partial charge in [-0.05, 0) is 24.3 Å². The second-order valence-corrected chi connectivity index (χ2v) is 3.29. The maximum absolute atomic E-state index is 5.06. The Labute approximate surface area is 77.7 Å². The summed E-state index contributed by atoms with van der Waals surface area (Å²) in [5, 5.41) is 0. The molecule has 0 amide bonds. The predicted molar refractivity (Wildman–Crippen MR) is 54.9 cm³/mol. The van der Waals surface area contributed by atoms with Crippen molar-refractivity contribution in [3.8, 4) is 5.75 Å². The van der Waals surface area contributed by atoms with Gasteiger partial charge in [0.1, 0.15) is 5.75 Å². The molecule has 0 aliphatic heterocycles. The van der Waals surface area contributed by atoms with Crippen LogP contribution < -0.4 is 9.04 Å². The molecule has 2 nitrogen and oxygen atoms in total. The van der Waals surface area contributed by atoms with Gasteiger partial charge in [-0.3, -0.25) is 0 Å². The van der Waals surface area contributed by atoms with Gasteiger partial charge in [0.15, 0.2) is 0 Å². The Morgan fingerprint density at radius 1 is 1.25 bits per heavy atom. The van der Waals surface area contributed by atoms with E-state index in [0.29, 0.717) is 0 Å². The van der Waals surface area contributed by atoms with Crippen molar-refractivity contribution in [3.05, 3.63) is 24.3 Å². The van der Waals surface area contributed by atoms with Crippen molar-refractivity contribution in [3.63, 3.8) is 0 Å². The molecule has 0 heterocycles. The third-order valence-electron chi connectivity index (χ3n) is 1.71. The van der Waals surface area contributed by atoms with Crippen LogP contribution in [0.3, 0.4) is 0 Å². The minimum absolute atomic E-state index is 0.897. The zero-order valence-electron chi connectivity index (χ0n) is 7.57. The van der Waals surface area contributed by atoms with E-state index in [2.05, 4.69) is 4.31 Å². The molecule has 0 aliphatic carbocycles. The second kappa shape index (κ2) is 4.26. The Kier molecular flexibility index (Phi) is 3.29. The van der Waals surface area contributed by atoms with E-state index in [4.69, 9.17) is 4.74 Å². The number of ether oxygens (including phenoxy) is 1. The van der Waals surface area contributed by atoms with Crippen molar-refractivity contribution in [1.29, 1.82) is 0 Å². The Morgan fingerprint density at radius 2 is 1.83 bits per heavy atom. The molecule has 3 heteroatoms. The van der Waals surface area contributed by atoms with Gasteiger partial charge < -0.3 is 9.04 Å². The maximum atomic E-state index is 5.06. The van der Waals surface area contributed by atoms with E-state index in [1.54, 1.807) is 19.1 Å². The summed E-state index contributed by atoms with van der Waals surface area (Å²) in [6.45, 7) is 0. The average Bonchev–Trinajstić information content (AvgIpc) is 2.17. The van der Waals surface area contributed by atoms with Gasteiger partial charge in [0.05, 0.1) is 7.11 Å². The third-order valence-corrected chi connectivity index (χ3v) is 2.47. The number of hydrogen-bond donors (Lipinski definition) is 0. The first kappa shape index (κ1) is 9.26. The Balaban J connectivity index is 2.77. The lowest BCUT2D eigenvalue weighted by molar-refractivity contribution is 0.415. The summed E-state index contributed by atoms with van der Waals surface area (Å²) in [7, 11) is 3.71. The summed E-state index contributed by atoms with van der Waals surface area (Å²) in [5.41, 5.74) is 1.18. The van der Waals surface area contributed by atoms with Gasteiger partial charge >= 0.3 is 0 Å². The predicted octanol–water partition coefficient (Wildman–Crippen LogP) is 2.41. The van der Waals surface area contributed by atoms with Crippen LogP contribution >= 0.6 is 11.9 Å². The van der Waals surface area contributed by atoms with Crippen LogP contribution in [0.2, 0.25) is 0 Å². The van der Waals surface area contributed by atoms with Crippen molar-refractivity contribution >= 4 is 17.6 Å². The zero-order chi connectivity index (χ0) is 8.97. The minimum atomic E-state index is 0.897. The van der Waals surface area contributed by atoms with Gasteiger partial charge in [0, 0.05) is 19.0 Å². The summed E-state index contributed by atoms with van der Waals surface area (Å²) in [6.07, 6.45) is 2.05. The van der Waals surface area contributed by atoms with Crippen LogP contribution in [-0.2, 0) is 0 Å². The lowest BCUT2D eigenvalue weighted by atomic mass is 10.3. The molecular formula is C9H13NOS. The number of hydrogen-bond acceptors (Lipinski definition) is 3. The van der Waals surface area contributed by atoms with Crippen LogP contribution in [0.5, 0.6) is 5.75 Å². The van der Waals surface area contributed by atoms with Crippen molar-refractivity contribution in [1.82, 2.24) is 0 Å². The first-order valence-electron chi connectivity index (χ1n) is 3.70. The molecule has 0 fully saturated rings. The number of rotatable bonds is 3. The molecule has 12 heavy (non-hydrogen) atoms. The SMILES string of the molecule is COc1ccc(N(C)SC)cc1. The van der Waals surface area contributed by atoms with Crippen LogP contribution in [-0.4, -0.2) is 20.4 Å². The molecule has 0 atom stereocenters. The maximum Gasteiger partial charge on any atom is 0.119 e. The van der Waals surface area contributed by atoms with Crippen molar-refractivity contribution in [2.75, 3.05) is 24.7 Å². The van der Waals surface area contributed by atoms with Crippen LogP contribution in [0.15, 0.2) is 24.3 Å². The summed E-state index contributed by atoms with van der Waals surface area (Å²) >= 11 is 1.68. The monoisotopic (exact) mass is 183 g/mol. The fourth-order valence-electron chi connectivity index (χ4n) is 0.898. The normalized spacial score (nSPS) is 9.58. The number of methoxy groups -OCH3 is 1. The Bertz CT molecular complexity index is 235. The second-order valence-electron chi connectivity index (χ2n) is 2.38. The molecule has 1 aromatic rings. The molecule has 0 saturated carbocycles. The third kappa shape index (κ3) is 2.08. The Morgan fingerprint density at radius 3 is 2.25 bits per heavy atom. The fraction of sp³-hybridized carbons (Fsp3) is 0.333. The summed E-state index contributed by atoms with van der Waals surface area (Å²) in [4.78, 5) is 0. The fourth-order valence-corrected chi connectivity index (χ4v) is 1.23. The molecule has 66 valence electrons. The first-order chi connectivity index (χ1) is 5.77. The molecule has 0 N–H and O–H groups in total. The first-order valence-corrected chi connectivity index (χ1v) is 4.88. The lowest BCUT2D eigenvalue weighted by Crippen LogP contribution is -2.04. The van der Waals surface area contributed by atoms with Crippen molar-refractivity contribution in [2.24, 2.45) is 0 Å². The highest BCUT2D eigenvalue weighted by atomic mass is 32.2. The van der Waals surface area contributed by atoms with E-state index in [1.807, 2.05) is 37.6 Å². The highest BCUT2D eigenvalue weighted by molar-refractivity contribution is 7.99. The molecule has 0 unspecified atom stereocenters. The van der Waals surface area contributed by atoms with E-state index < -0.39 is 0 Å². The van der Waals surface area contributed by atoms with Crippen LogP contribution in [0.4, 0.5) is 5.69 Å². The van der Waals surface area contributed by atoms with Gasteiger partial charge in [0.25, 0.3) is 0 Å². The van der Waals surface area contributed by atoms with Gasteiger partial charge in [-0.15, -0.1) is 0 Å². The quantitative estimate of drug-likeness (QED) is 0.668. The molecular weight excluding hydrogens is 170 g/mol. The topological polar surface area (TPSA) is 12.5 Å². The van der Waals surface area contributed by atoms with Crippen LogP contribution in [0, 0.1) is 0 Å². The van der Waals surface area contributed by atoms with Crippen LogP contribution in [0.1, 0.15) is 0 Å². The molecule has 0 radical (unpaired) electrons. The Hall–Kier alpha value is -0.830. The highest BCUT2D eigenvalue weighted by Crippen LogP contribution is 2.21. The number of anilines is 1. The summed E-state index contributed by atoms with van der Waals surface area (Å²) in [6, 6.07) is 7.99. The average molecular weight is 183 g/mol. The molecule has 0 saturated heterocycles. The number of benzene rings is 1. The van der Waals surface area contributed by atoms with Gasteiger partial charge in [-0.1, -0.05) is 11.9 Å². The summed E-state index contributed by atoms with van der Waals surface area (Å²) < 4.78 is 7.15. The van der Waals surface area contributed by atoms with E-state index in [-0.39, 0.29) is 0 Å². The van der Waals surface area contributed by atoms with Gasteiger partial charge in [-0.2, -0.15) is 0 Å². The highest BCUT2D eigenvalue weighted by Gasteiger charge is 1.97. The summed E-state index contributed by atoms with van der Waals surface area (Å²) in [5.74, 6) is 0.897. The molecule has 1 aromatic carbocycles.